The van der Waals surface area contributed by atoms with Crippen molar-refractivity contribution in [2.45, 2.75) is 25.7 Å². The number of carbonyl (C=O) groups is 1. The zero-order valence-electron chi connectivity index (χ0n) is 6.95. The fraction of sp³-hybridized carbons (Fsp3) is 0.500. The van der Waals surface area contributed by atoms with Crippen LogP contribution in [0, 0.1) is 5.92 Å². The predicted octanol–water partition coefficient (Wildman–Crippen LogP) is 2.66. The van der Waals surface area contributed by atoms with Gasteiger partial charge in [0.2, 0.25) is 0 Å². The van der Waals surface area contributed by atoms with Gasteiger partial charge in [-0.1, -0.05) is 0 Å². The van der Waals surface area contributed by atoms with Crippen molar-refractivity contribution in [3.05, 3.63) is 22.4 Å². The Labute approximate surface area is 76.4 Å². The molecule has 0 N–H and O–H groups in total. The highest BCUT2D eigenvalue weighted by Crippen LogP contribution is 2.26. The summed E-state index contributed by atoms with van der Waals surface area (Å²) in [6, 6.07) is 2.16. The molecule has 0 amide bonds. The predicted molar refractivity (Wildman–Crippen MR) is 50.4 cm³/mol. The maximum atomic E-state index is 11.0. The molecule has 1 saturated carbocycles. The molecule has 1 fully saturated rings. The molecular weight excluding hydrogens is 168 g/mol. The molecule has 1 aliphatic carbocycles. The fourth-order valence-electron chi connectivity index (χ4n) is 1.81. The van der Waals surface area contributed by atoms with Gasteiger partial charge >= 0.3 is 0 Å². The van der Waals surface area contributed by atoms with Crippen LogP contribution in [0.3, 0.4) is 0 Å². The molecule has 0 radical (unpaired) electrons. The van der Waals surface area contributed by atoms with Crippen molar-refractivity contribution in [1.29, 1.82) is 0 Å². The molecule has 1 atom stereocenters. The van der Waals surface area contributed by atoms with Crippen LogP contribution in [0.2, 0.25) is 0 Å². The van der Waals surface area contributed by atoms with E-state index in [1.165, 1.54) is 5.56 Å². The summed E-state index contributed by atoms with van der Waals surface area (Å²) < 4.78 is 0. The Bertz CT molecular complexity index is 263. The van der Waals surface area contributed by atoms with Gasteiger partial charge in [-0.3, -0.25) is 4.79 Å². The first-order chi connectivity index (χ1) is 5.84. The van der Waals surface area contributed by atoms with Crippen LogP contribution in [-0.2, 0) is 11.2 Å². The lowest BCUT2D eigenvalue weighted by atomic mass is 10.0. The third-order valence-corrected chi connectivity index (χ3v) is 3.18. The Morgan fingerprint density at radius 2 is 2.50 bits per heavy atom. The van der Waals surface area contributed by atoms with Gasteiger partial charge < -0.3 is 0 Å². The van der Waals surface area contributed by atoms with Crippen LogP contribution in [0.5, 0.6) is 0 Å². The lowest BCUT2D eigenvalue weighted by Gasteiger charge is -2.04. The number of thiophene rings is 1. The van der Waals surface area contributed by atoms with E-state index in [-0.39, 0.29) is 0 Å². The Balaban J connectivity index is 1.92. The largest absolute Gasteiger partial charge is 0.300 e. The molecule has 0 aliphatic heterocycles. The van der Waals surface area contributed by atoms with Gasteiger partial charge in [-0.05, 0) is 41.1 Å². The lowest BCUT2D eigenvalue weighted by Crippen LogP contribution is -1.98. The van der Waals surface area contributed by atoms with Crippen LogP contribution in [0.4, 0.5) is 0 Å². The van der Waals surface area contributed by atoms with Crippen molar-refractivity contribution < 1.29 is 4.79 Å². The Morgan fingerprint density at radius 3 is 3.08 bits per heavy atom. The van der Waals surface area contributed by atoms with E-state index in [0.717, 1.165) is 25.7 Å². The number of hydrogen-bond acceptors (Lipinski definition) is 2. The molecule has 1 nitrogen and oxygen atoms in total. The second-order valence-corrected chi connectivity index (χ2v) is 4.26. The average molecular weight is 180 g/mol. The molecule has 0 spiro atoms. The number of rotatable bonds is 2. The Morgan fingerprint density at radius 1 is 1.58 bits per heavy atom. The molecule has 0 bridgehead atoms. The molecule has 0 saturated heterocycles. The van der Waals surface area contributed by atoms with Gasteiger partial charge in [-0.2, -0.15) is 11.3 Å². The fourth-order valence-corrected chi connectivity index (χ4v) is 2.49. The van der Waals surface area contributed by atoms with Crippen LogP contribution in [0.15, 0.2) is 16.8 Å². The molecule has 0 aromatic carbocycles. The van der Waals surface area contributed by atoms with Crippen molar-refractivity contribution in [3.63, 3.8) is 0 Å². The third-order valence-electron chi connectivity index (χ3n) is 2.45. The first kappa shape index (κ1) is 7.99. The summed E-state index contributed by atoms with van der Waals surface area (Å²) in [7, 11) is 0. The third kappa shape index (κ3) is 1.75. The van der Waals surface area contributed by atoms with Gasteiger partial charge in [-0.15, -0.1) is 0 Å². The van der Waals surface area contributed by atoms with Crippen molar-refractivity contribution >= 4 is 17.1 Å². The topological polar surface area (TPSA) is 17.1 Å². The number of ketones is 1. The highest BCUT2D eigenvalue weighted by atomic mass is 32.1. The summed E-state index contributed by atoms with van der Waals surface area (Å²) in [5.41, 5.74) is 1.40. The molecule has 1 aromatic rings. The summed E-state index contributed by atoms with van der Waals surface area (Å²) in [6.07, 6.45) is 3.84. The van der Waals surface area contributed by atoms with Crippen LogP contribution in [0.1, 0.15) is 24.8 Å². The van der Waals surface area contributed by atoms with Crippen LogP contribution < -0.4 is 0 Å². The van der Waals surface area contributed by atoms with E-state index in [2.05, 4.69) is 16.8 Å². The van der Waals surface area contributed by atoms with Gasteiger partial charge in [0, 0.05) is 12.8 Å². The highest BCUT2D eigenvalue weighted by Gasteiger charge is 2.21. The molecule has 64 valence electrons. The maximum Gasteiger partial charge on any atom is 0.133 e. The van der Waals surface area contributed by atoms with Crippen molar-refractivity contribution in [3.8, 4) is 0 Å². The second-order valence-electron chi connectivity index (χ2n) is 3.48. The molecule has 1 heterocycles. The van der Waals surface area contributed by atoms with E-state index < -0.39 is 0 Å². The quantitative estimate of drug-likeness (QED) is 0.684. The first-order valence-corrected chi connectivity index (χ1v) is 5.31. The lowest BCUT2D eigenvalue weighted by molar-refractivity contribution is -0.117. The summed E-state index contributed by atoms with van der Waals surface area (Å²) in [4.78, 5) is 11.0. The maximum absolute atomic E-state index is 11.0. The van der Waals surface area contributed by atoms with Gasteiger partial charge in [-0.25, -0.2) is 0 Å². The molecule has 1 aliphatic rings. The summed E-state index contributed by atoms with van der Waals surface area (Å²) >= 11 is 1.74. The molecule has 12 heavy (non-hydrogen) atoms. The number of Topliss-reactive ketones (excluding diaryl/α,β-unsaturated/α-hetero) is 1. The molecule has 1 aromatic heterocycles. The monoisotopic (exact) mass is 180 g/mol. The van der Waals surface area contributed by atoms with E-state index >= 15 is 0 Å². The van der Waals surface area contributed by atoms with Gasteiger partial charge in [0.15, 0.2) is 0 Å². The van der Waals surface area contributed by atoms with Crippen LogP contribution in [0.25, 0.3) is 0 Å². The zero-order valence-corrected chi connectivity index (χ0v) is 7.77. The van der Waals surface area contributed by atoms with E-state index in [1.807, 2.05) is 0 Å². The van der Waals surface area contributed by atoms with Gasteiger partial charge in [0.25, 0.3) is 0 Å². The Kier molecular flexibility index (Phi) is 2.26. The number of hydrogen-bond donors (Lipinski definition) is 0. The van der Waals surface area contributed by atoms with E-state index in [4.69, 9.17) is 0 Å². The standard InChI is InChI=1S/C10H12OS/c11-10-2-1-8(6-10)5-9-3-4-12-7-9/h3-4,7-8H,1-2,5-6H2. The SMILES string of the molecule is O=C1CCC(Cc2ccsc2)C1. The summed E-state index contributed by atoms with van der Waals surface area (Å²) in [5.74, 6) is 1.09. The number of carbonyl (C=O) groups excluding carboxylic acids is 1. The van der Waals surface area contributed by atoms with E-state index in [1.54, 1.807) is 11.3 Å². The van der Waals surface area contributed by atoms with Crippen molar-refractivity contribution in [1.82, 2.24) is 0 Å². The summed E-state index contributed by atoms with van der Waals surface area (Å²) in [5, 5.41) is 4.29. The van der Waals surface area contributed by atoms with E-state index in [9.17, 15) is 4.79 Å². The van der Waals surface area contributed by atoms with Crippen molar-refractivity contribution in [2.75, 3.05) is 0 Å². The second kappa shape index (κ2) is 3.40. The van der Waals surface area contributed by atoms with E-state index in [0.29, 0.717) is 11.7 Å². The summed E-state index contributed by atoms with van der Waals surface area (Å²) in [6.45, 7) is 0. The van der Waals surface area contributed by atoms with Gasteiger partial charge in [0.05, 0.1) is 0 Å². The molecule has 1 unspecified atom stereocenters. The highest BCUT2D eigenvalue weighted by molar-refractivity contribution is 7.07. The minimum atomic E-state index is 0.454. The van der Waals surface area contributed by atoms with Crippen molar-refractivity contribution in [2.24, 2.45) is 5.92 Å². The zero-order chi connectivity index (χ0) is 8.39. The normalized spacial score (nSPS) is 23.3. The molecule has 2 rings (SSSR count). The molecule has 2 heteroatoms. The van der Waals surface area contributed by atoms with Crippen LogP contribution in [-0.4, -0.2) is 5.78 Å². The minimum Gasteiger partial charge on any atom is -0.300 e. The minimum absolute atomic E-state index is 0.454. The van der Waals surface area contributed by atoms with Gasteiger partial charge in [0.1, 0.15) is 5.78 Å². The first-order valence-electron chi connectivity index (χ1n) is 4.37. The van der Waals surface area contributed by atoms with Crippen LogP contribution >= 0.6 is 11.3 Å². The average Bonchev–Trinajstić information content (AvgIpc) is 2.63. The smallest absolute Gasteiger partial charge is 0.133 e. The Hall–Kier alpha value is -0.630. The molecular formula is C10H12OS.